The number of nitrogen functional groups attached to an aromatic ring is 1. The number of halogens is 1. The number of hydrogen-bond acceptors (Lipinski definition) is 3. The van der Waals surface area contributed by atoms with Crippen LogP contribution in [-0.4, -0.2) is 13.0 Å². The molecule has 74 valence electrons. The highest BCUT2D eigenvalue weighted by Gasteiger charge is 2.15. The first-order valence-electron chi connectivity index (χ1n) is 3.25. The van der Waals surface area contributed by atoms with E-state index in [0.29, 0.717) is 5.56 Å². The van der Waals surface area contributed by atoms with Crippen molar-refractivity contribution in [2.75, 3.05) is 5.73 Å². The van der Waals surface area contributed by atoms with Gasteiger partial charge in [0, 0.05) is 0 Å². The Kier molecular flexibility index (Phi) is 3.71. The van der Waals surface area contributed by atoms with Crippen LogP contribution in [-0.2, 0) is 10.1 Å². The van der Waals surface area contributed by atoms with Gasteiger partial charge in [0.2, 0.25) is 0 Å². The molecule has 1 rings (SSSR count). The Bertz CT molecular complexity index is 382. The van der Waals surface area contributed by atoms with Gasteiger partial charge in [0.15, 0.2) is 0 Å². The predicted octanol–water partition coefficient (Wildman–Crippen LogP) is 1.25. The minimum atomic E-state index is -4.19. The molecule has 0 amide bonds. The Labute approximate surface area is 82.9 Å². The molecule has 3 N–H and O–H groups in total. The van der Waals surface area contributed by atoms with Crippen molar-refractivity contribution in [3.05, 3.63) is 23.8 Å². The van der Waals surface area contributed by atoms with Gasteiger partial charge in [-0.3, -0.25) is 4.55 Å². The number of rotatable bonds is 1. The van der Waals surface area contributed by atoms with Crippen LogP contribution >= 0.6 is 12.4 Å². The predicted molar refractivity (Wildman–Crippen MR) is 52.7 cm³/mol. The maximum Gasteiger partial charge on any atom is 0.296 e. The van der Waals surface area contributed by atoms with E-state index in [1.807, 2.05) is 0 Å². The topological polar surface area (TPSA) is 80.4 Å². The summed E-state index contributed by atoms with van der Waals surface area (Å²) in [6, 6.07) is 4.62. The Balaban J connectivity index is 0.00000144. The fourth-order valence-electron chi connectivity index (χ4n) is 1.03. The van der Waals surface area contributed by atoms with Crippen LogP contribution in [0.2, 0.25) is 0 Å². The molecule has 0 heterocycles. The zero-order chi connectivity index (χ0) is 9.35. The van der Waals surface area contributed by atoms with Crippen molar-refractivity contribution in [1.82, 2.24) is 0 Å². The molecule has 0 fully saturated rings. The second-order valence-corrected chi connectivity index (χ2v) is 3.83. The van der Waals surface area contributed by atoms with Gasteiger partial charge in [-0.05, 0) is 18.6 Å². The molecule has 0 bridgehead atoms. The average molecular weight is 224 g/mol. The third kappa shape index (κ3) is 2.58. The molecule has 0 aromatic heterocycles. The van der Waals surface area contributed by atoms with E-state index < -0.39 is 10.1 Å². The summed E-state index contributed by atoms with van der Waals surface area (Å²) < 4.78 is 30.2. The third-order valence-electron chi connectivity index (χ3n) is 1.50. The standard InChI is InChI=1S/C7H9NO3S.ClH/c1-5-3-2-4-6(8)7(5)12(9,10)11;/h2-4H,8H2,1H3,(H,9,10,11);1H. The first-order chi connectivity index (χ1) is 5.43. The number of anilines is 1. The first-order valence-corrected chi connectivity index (χ1v) is 4.69. The van der Waals surface area contributed by atoms with E-state index in [2.05, 4.69) is 0 Å². The van der Waals surface area contributed by atoms with Crippen molar-refractivity contribution >= 4 is 28.2 Å². The molecule has 6 heteroatoms. The van der Waals surface area contributed by atoms with Gasteiger partial charge in [-0.15, -0.1) is 12.4 Å². The monoisotopic (exact) mass is 223 g/mol. The van der Waals surface area contributed by atoms with Crippen molar-refractivity contribution in [3.8, 4) is 0 Å². The molecule has 4 nitrogen and oxygen atoms in total. The van der Waals surface area contributed by atoms with Crippen molar-refractivity contribution < 1.29 is 13.0 Å². The van der Waals surface area contributed by atoms with Gasteiger partial charge in [0.05, 0.1) is 5.69 Å². The molecule has 0 saturated carbocycles. The van der Waals surface area contributed by atoms with Crippen LogP contribution in [0.25, 0.3) is 0 Å². The summed E-state index contributed by atoms with van der Waals surface area (Å²) in [7, 11) is -4.19. The highest BCUT2D eigenvalue weighted by atomic mass is 35.5. The lowest BCUT2D eigenvalue weighted by Crippen LogP contribution is -2.04. The van der Waals surface area contributed by atoms with E-state index in [1.165, 1.54) is 6.07 Å². The zero-order valence-corrected chi connectivity index (χ0v) is 8.52. The van der Waals surface area contributed by atoms with E-state index in [4.69, 9.17) is 10.3 Å². The van der Waals surface area contributed by atoms with Crippen molar-refractivity contribution in [3.63, 3.8) is 0 Å². The fraction of sp³-hybridized carbons (Fsp3) is 0.143. The van der Waals surface area contributed by atoms with Gasteiger partial charge in [-0.2, -0.15) is 8.42 Å². The highest BCUT2D eigenvalue weighted by molar-refractivity contribution is 7.86. The maximum atomic E-state index is 10.8. The average Bonchev–Trinajstić information content (AvgIpc) is 1.82. The van der Waals surface area contributed by atoms with Gasteiger partial charge in [-0.1, -0.05) is 12.1 Å². The molecule has 1 aromatic carbocycles. The van der Waals surface area contributed by atoms with Crippen LogP contribution in [0.5, 0.6) is 0 Å². The van der Waals surface area contributed by atoms with Crippen molar-refractivity contribution in [1.29, 1.82) is 0 Å². The number of aryl methyl sites for hydroxylation is 1. The van der Waals surface area contributed by atoms with Gasteiger partial charge in [0.25, 0.3) is 10.1 Å². The van der Waals surface area contributed by atoms with Crippen LogP contribution in [0.1, 0.15) is 5.56 Å². The van der Waals surface area contributed by atoms with Gasteiger partial charge >= 0.3 is 0 Å². The molecule has 0 atom stereocenters. The second kappa shape index (κ2) is 3.95. The van der Waals surface area contributed by atoms with Gasteiger partial charge in [0.1, 0.15) is 4.90 Å². The minimum Gasteiger partial charge on any atom is -0.398 e. The van der Waals surface area contributed by atoms with Gasteiger partial charge in [-0.25, -0.2) is 0 Å². The number of hydrogen-bond donors (Lipinski definition) is 2. The smallest absolute Gasteiger partial charge is 0.296 e. The van der Waals surface area contributed by atoms with Crippen molar-refractivity contribution in [2.24, 2.45) is 0 Å². The molecule has 0 aliphatic carbocycles. The highest BCUT2D eigenvalue weighted by Crippen LogP contribution is 2.21. The van der Waals surface area contributed by atoms with Crippen LogP contribution < -0.4 is 5.73 Å². The molecule has 0 spiro atoms. The lowest BCUT2D eigenvalue weighted by atomic mass is 10.2. The molecule has 0 aliphatic heterocycles. The summed E-state index contributed by atoms with van der Waals surface area (Å²) in [5.41, 5.74) is 5.88. The molecule has 0 radical (unpaired) electrons. The molecule has 0 aliphatic rings. The summed E-state index contributed by atoms with van der Waals surface area (Å²) in [5.74, 6) is 0. The molecular weight excluding hydrogens is 214 g/mol. The second-order valence-electron chi connectivity index (χ2n) is 2.47. The normalized spacial score (nSPS) is 10.6. The molecule has 13 heavy (non-hydrogen) atoms. The SMILES string of the molecule is Cc1cccc(N)c1S(=O)(=O)O.Cl. The van der Waals surface area contributed by atoms with Crippen LogP contribution in [0.4, 0.5) is 5.69 Å². The van der Waals surface area contributed by atoms with E-state index in [-0.39, 0.29) is 23.0 Å². The summed E-state index contributed by atoms with van der Waals surface area (Å²) in [5, 5.41) is 0. The zero-order valence-electron chi connectivity index (χ0n) is 6.89. The first kappa shape index (κ1) is 12.2. The van der Waals surface area contributed by atoms with Crippen LogP contribution in [0.15, 0.2) is 23.1 Å². The molecule has 0 unspecified atom stereocenters. The summed E-state index contributed by atoms with van der Waals surface area (Å²) in [6.45, 7) is 1.57. The Morgan fingerprint density at radius 1 is 1.38 bits per heavy atom. The summed E-state index contributed by atoms with van der Waals surface area (Å²) in [6.07, 6.45) is 0. The van der Waals surface area contributed by atoms with E-state index in [9.17, 15) is 8.42 Å². The number of benzene rings is 1. The maximum absolute atomic E-state index is 10.8. The van der Waals surface area contributed by atoms with Crippen LogP contribution in [0.3, 0.4) is 0 Å². The Morgan fingerprint density at radius 2 is 1.92 bits per heavy atom. The summed E-state index contributed by atoms with van der Waals surface area (Å²) in [4.78, 5) is -0.204. The van der Waals surface area contributed by atoms with E-state index in [0.717, 1.165) is 0 Å². The van der Waals surface area contributed by atoms with Gasteiger partial charge < -0.3 is 5.73 Å². The summed E-state index contributed by atoms with van der Waals surface area (Å²) >= 11 is 0. The third-order valence-corrected chi connectivity index (χ3v) is 2.57. The quantitative estimate of drug-likeness (QED) is 0.555. The number of nitrogens with two attached hydrogens (primary N) is 1. The van der Waals surface area contributed by atoms with Crippen molar-refractivity contribution in [2.45, 2.75) is 11.8 Å². The van der Waals surface area contributed by atoms with E-state index >= 15 is 0 Å². The largest absolute Gasteiger partial charge is 0.398 e. The fourth-order valence-corrected chi connectivity index (χ4v) is 1.87. The molecule has 1 aromatic rings. The molecular formula is C7H10ClNO3S. The lowest BCUT2D eigenvalue weighted by molar-refractivity contribution is 0.483. The minimum absolute atomic E-state index is 0. The van der Waals surface area contributed by atoms with Crippen LogP contribution in [0, 0.1) is 6.92 Å². The molecule has 0 saturated heterocycles. The van der Waals surface area contributed by atoms with E-state index in [1.54, 1.807) is 19.1 Å². The Morgan fingerprint density at radius 3 is 2.23 bits per heavy atom. The lowest BCUT2D eigenvalue weighted by Gasteiger charge is -2.04. The Hall–Kier alpha value is -0.780.